The van der Waals surface area contributed by atoms with Crippen LogP contribution in [0.3, 0.4) is 0 Å². The van der Waals surface area contributed by atoms with Crippen molar-refractivity contribution in [3.8, 4) is 0 Å². The maximum Gasteiger partial charge on any atom is 0.260 e. The van der Waals surface area contributed by atoms with Crippen LogP contribution in [-0.4, -0.2) is 21.8 Å². The first-order valence-electron chi connectivity index (χ1n) is 2.57. The van der Waals surface area contributed by atoms with E-state index in [1.807, 2.05) is 13.2 Å². The average molecular weight is 161 g/mol. The minimum absolute atomic E-state index is 0.00403. The first kappa shape index (κ1) is 7.15. The van der Waals surface area contributed by atoms with Crippen LogP contribution in [0.15, 0.2) is 4.99 Å². The van der Waals surface area contributed by atoms with Gasteiger partial charge in [-0.15, -0.1) is 11.8 Å². The standard InChI is InChI=1S/C5H7NOS2/c1-3-4(7)6-5(8-2)9-3/h3H,1-2H3. The summed E-state index contributed by atoms with van der Waals surface area (Å²) in [5.74, 6) is 0.00403. The molecule has 50 valence electrons. The normalized spacial score (nSPS) is 26.7. The molecule has 4 heteroatoms. The van der Waals surface area contributed by atoms with Crippen LogP contribution in [0.25, 0.3) is 0 Å². The first-order valence-corrected chi connectivity index (χ1v) is 4.67. The Morgan fingerprint density at radius 3 is 2.67 bits per heavy atom. The van der Waals surface area contributed by atoms with Gasteiger partial charge in [-0.1, -0.05) is 11.8 Å². The topological polar surface area (TPSA) is 29.4 Å². The van der Waals surface area contributed by atoms with Crippen molar-refractivity contribution < 1.29 is 4.79 Å². The monoisotopic (exact) mass is 161 g/mol. The Hall–Kier alpha value is 0.0400. The second-order valence-corrected chi connectivity index (χ2v) is 4.06. The zero-order chi connectivity index (χ0) is 6.85. The Kier molecular flexibility index (Phi) is 2.18. The van der Waals surface area contributed by atoms with Gasteiger partial charge in [0.25, 0.3) is 5.91 Å². The summed E-state index contributed by atoms with van der Waals surface area (Å²) in [5.41, 5.74) is 0. The highest BCUT2D eigenvalue weighted by Gasteiger charge is 2.22. The molecule has 0 spiro atoms. The number of aliphatic imine (C=N–C) groups is 1. The summed E-state index contributed by atoms with van der Waals surface area (Å²) in [5, 5.41) is 0.0486. The van der Waals surface area contributed by atoms with Crippen molar-refractivity contribution in [3.05, 3.63) is 0 Å². The molecule has 1 aliphatic rings. The quantitative estimate of drug-likeness (QED) is 0.537. The largest absolute Gasteiger partial charge is 0.271 e. The molecule has 0 N–H and O–H groups in total. The van der Waals surface area contributed by atoms with Gasteiger partial charge in [0.05, 0.1) is 5.25 Å². The molecule has 2 nitrogen and oxygen atoms in total. The maximum absolute atomic E-state index is 10.7. The van der Waals surface area contributed by atoms with Crippen LogP contribution in [-0.2, 0) is 4.79 Å². The molecule has 0 saturated heterocycles. The van der Waals surface area contributed by atoms with Crippen LogP contribution in [0.4, 0.5) is 0 Å². The number of thioether (sulfide) groups is 2. The van der Waals surface area contributed by atoms with Crippen molar-refractivity contribution in [3.63, 3.8) is 0 Å². The maximum atomic E-state index is 10.7. The minimum Gasteiger partial charge on any atom is -0.271 e. The van der Waals surface area contributed by atoms with Gasteiger partial charge in [-0.2, -0.15) is 4.99 Å². The molecule has 1 heterocycles. The molecule has 0 aromatic carbocycles. The highest BCUT2D eigenvalue weighted by Crippen LogP contribution is 2.26. The van der Waals surface area contributed by atoms with Gasteiger partial charge in [0, 0.05) is 0 Å². The minimum atomic E-state index is 0.00403. The summed E-state index contributed by atoms with van der Waals surface area (Å²) < 4.78 is 0.896. The van der Waals surface area contributed by atoms with Gasteiger partial charge in [-0.25, -0.2) is 0 Å². The molecule has 1 aliphatic heterocycles. The Bertz CT molecular complexity index is 166. The summed E-state index contributed by atoms with van der Waals surface area (Å²) in [6, 6.07) is 0. The fourth-order valence-corrected chi connectivity index (χ4v) is 2.10. The van der Waals surface area contributed by atoms with Crippen LogP contribution in [0.2, 0.25) is 0 Å². The van der Waals surface area contributed by atoms with Gasteiger partial charge in [0.15, 0.2) is 0 Å². The Morgan fingerprint density at radius 2 is 2.44 bits per heavy atom. The van der Waals surface area contributed by atoms with Gasteiger partial charge >= 0.3 is 0 Å². The average Bonchev–Trinajstić information content (AvgIpc) is 2.13. The van der Waals surface area contributed by atoms with E-state index in [2.05, 4.69) is 4.99 Å². The zero-order valence-electron chi connectivity index (χ0n) is 5.25. The van der Waals surface area contributed by atoms with E-state index in [9.17, 15) is 4.79 Å². The van der Waals surface area contributed by atoms with Crippen LogP contribution in [0.1, 0.15) is 6.92 Å². The number of nitrogens with zero attached hydrogens (tertiary/aromatic N) is 1. The molecule has 0 aromatic rings. The molecule has 1 unspecified atom stereocenters. The van der Waals surface area contributed by atoms with Crippen LogP contribution < -0.4 is 0 Å². The number of carbonyl (C=O) groups excluding carboxylic acids is 1. The molecule has 0 radical (unpaired) electrons. The Balaban J connectivity index is 2.62. The van der Waals surface area contributed by atoms with Gasteiger partial charge in [0.2, 0.25) is 0 Å². The lowest BCUT2D eigenvalue weighted by molar-refractivity contribution is -0.116. The molecule has 0 bridgehead atoms. The van der Waals surface area contributed by atoms with E-state index in [0.29, 0.717) is 0 Å². The highest BCUT2D eigenvalue weighted by molar-refractivity contribution is 8.39. The molecule has 0 saturated carbocycles. The van der Waals surface area contributed by atoms with Gasteiger partial charge in [0.1, 0.15) is 4.38 Å². The molecule has 9 heavy (non-hydrogen) atoms. The number of rotatable bonds is 0. The summed E-state index contributed by atoms with van der Waals surface area (Å²) in [4.78, 5) is 14.5. The van der Waals surface area contributed by atoms with Crippen molar-refractivity contribution in [2.45, 2.75) is 12.2 Å². The Morgan fingerprint density at radius 1 is 1.78 bits per heavy atom. The zero-order valence-corrected chi connectivity index (χ0v) is 6.88. The molecule has 1 atom stereocenters. The SMILES string of the molecule is CSC1=NC(=O)C(C)S1. The van der Waals surface area contributed by atoms with Gasteiger partial charge in [-0.3, -0.25) is 4.79 Å². The second-order valence-electron chi connectivity index (χ2n) is 1.68. The molecule has 0 fully saturated rings. The fourth-order valence-electron chi connectivity index (χ4n) is 0.503. The predicted molar refractivity (Wildman–Crippen MR) is 43.0 cm³/mol. The van der Waals surface area contributed by atoms with Gasteiger partial charge in [-0.05, 0) is 13.2 Å². The van der Waals surface area contributed by atoms with Crippen molar-refractivity contribution in [2.24, 2.45) is 4.99 Å². The summed E-state index contributed by atoms with van der Waals surface area (Å²) in [6.07, 6.45) is 1.93. The summed E-state index contributed by atoms with van der Waals surface area (Å²) >= 11 is 3.07. The first-order chi connectivity index (χ1) is 4.24. The van der Waals surface area contributed by atoms with Crippen LogP contribution >= 0.6 is 23.5 Å². The van der Waals surface area contributed by atoms with Crippen LogP contribution in [0, 0.1) is 0 Å². The molecular formula is C5H7NOS2. The van der Waals surface area contributed by atoms with Crippen molar-refractivity contribution in [2.75, 3.05) is 6.26 Å². The third kappa shape index (κ3) is 1.49. The lowest BCUT2D eigenvalue weighted by Gasteiger charge is -1.92. The molecule has 1 amide bonds. The van der Waals surface area contributed by atoms with E-state index in [1.165, 1.54) is 23.5 Å². The van der Waals surface area contributed by atoms with E-state index in [4.69, 9.17) is 0 Å². The molecule has 1 rings (SSSR count). The Labute approximate surface area is 62.5 Å². The van der Waals surface area contributed by atoms with Crippen molar-refractivity contribution in [1.29, 1.82) is 0 Å². The van der Waals surface area contributed by atoms with Crippen molar-refractivity contribution >= 4 is 33.8 Å². The molecule has 0 aromatic heterocycles. The number of hydrogen-bond donors (Lipinski definition) is 0. The third-order valence-corrected chi connectivity index (χ3v) is 3.08. The second kappa shape index (κ2) is 2.75. The fraction of sp³-hybridized carbons (Fsp3) is 0.600. The predicted octanol–water partition coefficient (Wildman–Crippen LogP) is 1.37. The van der Waals surface area contributed by atoms with E-state index in [1.54, 1.807) is 0 Å². The summed E-state index contributed by atoms with van der Waals surface area (Å²) in [7, 11) is 0. The lowest BCUT2D eigenvalue weighted by Crippen LogP contribution is -2.02. The number of amides is 1. The van der Waals surface area contributed by atoms with Gasteiger partial charge < -0.3 is 0 Å². The van der Waals surface area contributed by atoms with Crippen molar-refractivity contribution in [1.82, 2.24) is 0 Å². The number of carbonyl (C=O) groups is 1. The van der Waals surface area contributed by atoms with Crippen LogP contribution in [0.5, 0.6) is 0 Å². The van der Waals surface area contributed by atoms with E-state index in [0.717, 1.165) is 4.38 Å². The third-order valence-electron chi connectivity index (χ3n) is 1.00. The molecule has 0 aliphatic carbocycles. The van der Waals surface area contributed by atoms with E-state index >= 15 is 0 Å². The smallest absolute Gasteiger partial charge is 0.260 e. The van der Waals surface area contributed by atoms with E-state index in [-0.39, 0.29) is 11.2 Å². The summed E-state index contributed by atoms with van der Waals surface area (Å²) in [6.45, 7) is 1.87. The lowest BCUT2D eigenvalue weighted by atomic mass is 10.5. The molecular weight excluding hydrogens is 154 g/mol. The highest BCUT2D eigenvalue weighted by atomic mass is 32.2. The van der Waals surface area contributed by atoms with E-state index < -0.39 is 0 Å². The number of hydrogen-bond acceptors (Lipinski definition) is 3.